The molecular formula is C13H26N2O2. The predicted octanol–water partition coefficient (Wildman–Crippen LogP) is 1.18. The van der Waals surface area contributed by atoms with Crippen molar-refractivity contribution in [2.24, 2.45) is 0 Å². The van der Waals surface area contributed by atoms with E-state index in [-0.39, 0.29) is 23.6 Å². The van der Waals surface area contributed by atoms with Crippen LogP contribution in [0.3, 0.4) is 0 Å². The molecule has 0 aliphatic heterocycles. The molecule has 0 bridgehead atoms. The standard InChI is InChI=1S/C13H26N2O2/c1-13(2,3)15-12(17)9-14-10-7-5-4-6-8-11(10)16/h10-11,14,16H,4-9H2,1-3H3,(H,15,17). The first kappa shape index (κ1) is 14.5. The zero-order valence-corrected chi connectivity index (χ0v) is 11.3. The molecule has 17 heavy (non-hydrogen) atoms. The normalized spacial score (nSPS) is 26.4. The fraction of sp³-hybridized carbons (Fsp3) is 0.923. The Kier molecular flexibility index (Phi) is 5.40. The van der Waals surface area contributed by atoms with Crippen molar-refractivity contribution in [3.05, 3.63) is 0 Å². The van der Waals surface area contributed by atoms with Gasteiger partial charge in [0.25, 0.3) is 0 Å². The van der Waals surface area contributed by atoms with Crippen molar-refractivity contribution < 1.29 is 9.90 Å². The second-order valence-corrected chi connectivity index (χ2v) is 5.99. The molecule has 0 aromatic heterocycles. The third kappa shape index (κ3) is 6.03. The van der Waals surface area contributed by atoms with Crippen LogP contribution in [0.1, 0.15) is 52.9 Å². The molecule has 1 amide bonds. The largest absolute Gasteiger partial charge is 0.392 e. The molecule has 0 aromatic carbocycles. The fourth-order valence-corrected chi connectivity index (χ4v) is 2.21. The maximum atomic E-state index is 11.6. The SMILES string of the molecule is CC(C)(C)NC(=O)CNC1CCCCCC1O. The summed E-state index contributed by atoms with van der Waals surface area (Å²) in [6.45, 7) is 6.18. The average Bonchev–Trinajstić information content (AvgIpc) is 2.37. The minimum Gasteiger partial charge on any atom is -0.392 e. The highest BCUT2D eigenvalue weighted by molar-refractivity contribution is 5.78. The second-order valence-electron chi connectivity index (χ2n) is 5.99. The van der Waals surface area contributed by atoms with Crippen molar-refractivity contribution in [3.63, 3.8) is 0 Å². The van der Waals surface area contributed by atoms with E-state index in [1.165, 1.54) is 6.42 Å². The van der Waals surface area contributed by atoms with Crippen molar-refractivity contribution in [1.29, 1.82) is 0 Å². The minimum atomic E-state index is -0.306. The highest BCUT2D eigenvalue weighted by Gasteiger charge is 2.22. The molecule has 1 aliphatic rings. The Morgan fingerprint density at radius 1 is 1.24 bits per heavy atom. The molecule has 4 nitrogen and oxygen atoms in total. The smallest absolute Gasteiger partial charge is 0.234 e. The van der Waals surface area contributed by atoms with E-state index < -0.39 is 0 Å². The number of aliphatic hydroxyl groups excluding tert-OH is 1. The summed E-state index contributed by atoms with van der Waals surface area (Å²) in [7, 11) is 0. The molecule has 0 spiro atoms. The lowest BCUT2D eigenvalue weighted by molar-refractivity contribution is -0.121. The summed E-state index contributed by atoms with van der Waals surface area (Å²) in [6.07, 6.45) is 4.91. The molecule has 2 unspecified atom stereocenters. The van der Waals surface area contributed by atoms with Gasteiger partial charge in [0.1, 0.15) is 0 Å². The summed E-state index contributed by atoms with van der Waals surface area (Å²) in [5, 5.41) is 16.0. The molecule has 4 heteroatoms. The van der Waals surface area contributed by atoms with Crippen molar-refractivity contribution in [1.82, 2.24) is 10.6 Å². The summed E-state index contributed by atoms with van der Waals surface area (Å²) in [5.74, 6) is -0.00560. The van der Waals surface area contributed by atoms with Crippen LogP contribution in [0, 0.1) is 0 Å². The zero-order valence-electron chi connectivity index (χ0n) is 11.3. The third-order valence-electron chi connectivity index (χ3n) is 3.02. The Morgan fingerprint density at radius 2 is 1.88 bits per heavy atom. The van der Waals surface area contributed by atoms with Crippen LogP contribution < -0.4 is 10.6 Å². The van der Waals surface area contributed by atoms with Crippen LogP contribution in [0.25, 0.3) is 0 Å². The summed E-state index contributed by atoms with van der Waals surface area (Å²) in [5.41, 5.74) is -0.194. The van der Waals surface area contributed by atoms with E-state index in [2.05, 4.69) is 10.6 Å². The van der Waals surface area contributed by atoms with Crippen molar-refractivity contribution in [2.45, 2.75) is 70.6 Å². The molecule has 1 aliphatic carbocycles. The van der Waals surface area contributed by atoms with E-state index in [9.17, 15) is 9.90 Å². The Hall–Kier alpha value is -0.610. The number of hydrogen-bond acceptors (Lipinski definition) is 3. The topological polar surface area (TPSA) is 61.4 Å². The van der Waals surface area contributed by atoms with Gasteiger partial charge < -0.3 is 15.7 Å². The summed E-state index contributed by atoms with van der Waals surface area (Å²) in [4.78, 5) is 11.6. The van der Waals surface area contributed by atoms with Gasteiger partial charge in [0.2, 0.25) is 5.91 Å². The highest BCUT2D eigenvalue weighted by Crippen LogP contribution is 2.17. The molecule has 1 fully saturated rings. The van der Waals surface area contributed by atoms with Gasteiger partial charge in [-0.05, 0) is 33.6 Å². The molecular weight excluding hydrogens is 216 g/mol. The van der Waals surface area contributed by atoms with Crippen molar-refractivity contribution in [2.75, 3.05) is 6.54 Å². The van der Waals surface area contributed by atoms with Crippen LogP contribution in [0.5, 0.6) is 0 Å². The molecule has 2 atom stereocenters. The predicted molar refractivity (Wildman–Crippen MR) is 68.8 cm³/mol. The van der Waals surface area contributed by atoms with Gasteiger partial charge >= 0.3 is 0 Å². The average molecular weight is 242 g/mol. The molecule has 1 rings (SSSR count). The highest BCUT2D eigenvalue weighted by atomic mass is 16.3. The van der Waals surface area contributed by atoms with Gasteiger partial charge in [-0.15, -0.1) is 0 Å². The number of carbonyl (C=O) groups excluding carboxylic acids is 1. The maximum Gasteiger partial charge on any atom is 0.234 e. The van der Waals surface area contributed by atoms with E-state index in [0.29, 0.717) is 6.54 Å². The Labute approximate surface area is 104 Å². The van der Waals surface area contributed by atoms with Gasteiger partial charge in [0.05, 0.1) is 12.6 Å². The first-order chi connectivity index (χ1) is 7.88. The zero-order chi connectivity index (χ0) is 12.9. The van der Waals surface area contributed by atoms with E-state index >= 15 is 0 Å². The summed E-state index contributed by atoms with van der Waals surface area (Å²) < 4.78 is 0. The van der Waals surface area contributed by atoms with E-state index in [4.69, 9.17) is 0 Å². The number of amides is 1. The first-order valence-corrected chi connectivity index (χ1v) is 6.61. The van der Waals surface area contributed by atoms with Crippen LogP contribution >= 0.6 is 0 Å². The first-order valence-electron chi connectivity index (χ1n) is 6.61. The molecule has 0 saturated heterocycles. The van der Waals surface area contributed by atoms with Crippen LogP contribution in [-0.2, 0) is 4.79 Å². The second kappa shape index (κ2) is 6.36. The van der Waals surface area contributed by atoms with E-state index in [1.807, 2.05) is 20.8 Å². The van der Waals surface area contributed by atoms with Crippen LogP contribution in [0.2, 0.25) is 0 Å². The van der Waals surface area contributed by atoms with Crippen LogP contribution in [-0.4, -0.2) is 35.2 Å². The summed E-state index contributed by atoms with van der Waals surface area (Å²) >= 11 is 0. The van der Waals surface area contributed by atoms with E-state index in [1.54, 1.807) is 0 Å². The van der Waals surface area contributed by atoms with Gasteiger partial charge in [0.15, 0.2) is 0 Å². The third-order valence-corrected chi connectivity index (χ3v) is 3.02. The number of hydrogen-bond donors (Lipinski definition) is 3. The van der Waals surface area contributed by atoms with Gasteiger partial charge in [0, 0.05) is 11.6 Å². The molecule has 1 saturated carbocycles. The van der Waals surface area contributed by atoms with Gasteiger partial charge in [-0.1, -0.05) is 19.3 Å². The quantitative estimate of drug-likeness (QED) is 0.651. The lowest BCUT2D eigenvalue weighted by Gasteiger charge is -2.24. The van der Waals surface area contributed by atoms with Gasteiger partial charge in [-0.2, -0.15) is 0 Å². The van der Waals surface area contributed by atoms with Gasteiger partial charge in [-0.3, -0.25) is 4.79 Å². The molecule has 0 aromatic rings. The Morgan fingerprint density at radius 3 is 2.53 bits per heavy atom. The molecule has 0 heterocycles. The minimum absolute atomic E-state index is 0.00560. The number of aliphatic hydroxyl groups is 1. The lowest BCUT2D eigenvalue weighted by atomic mass is 10.1. The maximum absolute atomic E-state index is 11.6. The Bertz CT molecular complexity index is 248. The summed E-state index contributed by atoms with van der Waals surface area (Å²) in [6, 6.07) is 0.0724. The molecule has 0 radical (unpaired) electrons. The lowest BCUT2D eigenvalue weighted by Crippen LogP contribution is -2.48. The monoisotopic (exact) mass is 242 g/mol. The van der Waals surface area contributed by atoms with Crippen LogP contribution in [0.4, 0.5) is 0 Å². The number of carbonyl (C=O) groups is 1. The molecule has 100 valence electrons. The number of rotatable bonds is 3. The van der Waals surface area contributed by atoms with E-state index in [0.717, 1.165) is 25.7 Å². The van der Waals surface area contributed by atoms with Crippen LogP contribution in [0.15, 0.2) is 0 Å². The fourth-order valence-electron chi connectivity index (χ4n) is 2.21. The van der Waals surface area contributed by atoms with Gasteiger partial charge in [-0.25, -0.2) is 0 Å². The van der Waals surface area contributed by atoms with Crippen molar-refractivity contribution >= 4 is 5.91 Å². The van der Waals surface area contributed by atoms with Crippen molar-refractivity contribution in [3.8, 4) is 0 Å². The Balaban J connectivity index is 2.31. The molecule has 3 N–H and O–H groups in total. The number of nitrogens with one attached hydrogen (secondary N) is 2.